The molecule has 6 nitrogen and oxygen atoms in total. The van der Waals surface area contributed by atoms with Crippen LogP contribution in [0.1, 0.15) is 348 Å². The van der Waals surface area contributed by atoms with Gasteiger partial charge in [-0.05, 0) is 19.3 Å². The summed E-state index contributed by atoms with van der Waals surface area (Å²) < 4.78 is 16.7. The molecular weight excluding hydrogens is 817 g/mol. The van der Waals surface area contributed by atoms with E-state index in [1.54, 1.807) is 0 Å². The smallest absolute Gasteiger partial charge is 0.306 e. The fourth-order valence-corrected chi connectivity index (χ4v) is 9.33. The molecule has 0 aromatic carbocycles. The van der Waals surface area contributed by atoms with Gasteiger partial charge in [0.05, 0.1) is 0 Å². The van der Waals surface area contributed by atoms with Crippen molar-refractivity contribution in [2.45, 2.75) is 354 Å². The van der Waals surface area contributed by atoms with Crippen molar-refractivity contribution in [1.29, 1.82) is 0 Å². The predicted octanol–water partition coefficient (Wildman–Crippen LogP) is 19.9. The standard InChI is InChI=1S/C60H116O6/c1-4-7-10-13-16-18-20-21-22-23-24-25-26-27-28-29-30-31-32-33-34-35-36-37-38-39-40-41-43-44-47-50-53-59(62)65-56-57(55-64-58(61)52-49-46-15-12-9-6-3)66-60(63)54-51-48-45-42-19-17-14-11-8-5-2/h57H,4-56H2,1-3H3. The Kier molecular flexibility index (Phi) is 54.7. The molecule has 0 aliphatic heterocycles. The van der Waals surface area contributed by atoms with Crippen molar-refractivity contribution in [2.24, 2.45) is 0 Å². The maximum atomic E-state index is 12.7. The van der Waals surface area contributed by atoms with E-state index in [4.69, 9.17) is 14.2 Å². The summed E-state index contributed by atoms with van der Waals surface area (Å²) in [5.74, 6) is -0.854. The molecular formula is C60H116O6. The first-order valence-electron chi connectivity index (χ1n) is 30.0. The zero-order valence-corrected chi connectivity index (χ0v) is 45.0. The molecule has 66 heavy (non-hydrogen) atoms. The summed E-state index contributed by atoms with van der Waals surface area (Å²) in [4.78, 5) is 37.7. The van der Waals surface area contributed by atoms with Gasteiger partial charge in [0.1, 0.15) is 13.2 Å². The van der Waals surface area contributed by atoms with Crippen LogP contribution in [0.5, 0.6) is 0 Å². The van der Waals surface area contributed by atoms with Gasteiger partial charge in [-0.2, -0.15) is 0 Å². The zero-order chi connectivity index (χ0) is 47.9. The Labute approximate surface area is 412 Å². The minimum atomic E-state index is -0.758. The molecule has 0 aromatic rings. The summed E-state index contributed by atoms with van der Waals surface area (Å²) in [7, 11) is 0. The molecule has 1 atom stereocenters. The number of unbranched alkanes of at least 4 members (excludes halogenated alkanes) is 45. The predicted molar refractivity (Wildman–Crippen MR) is 284 cm³/mol. The highest BCUT2D eigenvalue weighted by atomic mass is 16.6. The highest BCUT2D eigenvalue weighted by Crippen LogP contribution is 2.18. The molecule has 0 aliphatic rings. The summed E-state index contributed by atoms with van der Waals surface area (Å²) in [5.41, 5.74) is 0. The largest absolute Gasteiger partial charge is 0.462 e. The van der Waals surface area contributed by atoms with Gasteiger partial charge in [0, 0.05) is 19.3 Å². The molecule has 0 saturated heterocycles. The lowest BCUT2D eigenvalue weighted by Gasteiger charge is -2.18. The summed E-state index contributed by atoms with van der Waals surface area (Å²) in [6, 6.07) is 0. The topological polar surface area (TPSA) is 78.9 Å². The molecule has 392 valence electrons. The molecule has 0 aromatic heterocycles. The molecule has 0 radical (unpaired) electrons. The van der Waals surface area contributed by atoms with Gasteiger partial charge in [-0.3, -0.25) is 14.4 Å². The first-order chi connectivity index (χ1) is 32.5. The van der Waals surface area contributed by atoms with E-state index in [9.17, 15) is 14.4 Å². The molecule has 0 N–H and O–H groups in total. The number of hydrogen-bond acceptors (Lipinski definition) is 6. The van der Waals surface area contributed by atoms with E-state index in [2.05, 4.69) is 20.8 Å². The van der Waals surface area contributed by atoms with Crippen molar-refractivity contribution in [2.75, 3.05) is 13.2 Å². The van der Waals surface area contributed by atoms with Gasteiger partial charge in [0.2, 0.25) is 0 Å². The molecule has 0 amide bonds. The van der Waals surface area contributed by atoms with Gasteiger partial charge >= 0.3 is 17.9 Å². The minimum Gasteiger partial charge on any atom is -0.462 e. The third-order valence-electron chi connectivity index (χ3n) is 13.9. The van der Waals surface area contributed by atoms with E-state index in [0.29, 0.717) is 19.3 Å². The molecule has 6 heteroatoms. The SMILES string of the molecule is CCCCCCCCCCCCCCCCCCCCCCCCCCCCCCCCCCC(=O)OCC(COC(=O)CCCCCCCC)OC(=O)CCCCCCCCCCCC. The summed E-state index contributed by atoms with van der Waals surface area (Å²) in [6.45, 7) is 6.62. The van der Waals surface area contributed by atoms with Crippen LogP contribution in [0.15, 0.2) is 0 Å². The second kappa shape index (κ2) is 56.0. The van der Waals surface area contributed by atoms with Gasteiger partial charge < -0.3 is 14.2 Å². The van der Waals surface area contributed by atoms with E-state index in [1.165, 1.54) is 250 Å². The Hall–Kier alpha value is -1.59. The third-order valence-corrected chi connectivity index (χ3v) is 13.9. The highest BCUT2D eigenvalue weighted by molar-refractivity contribution is 5.71. The molecule has 0 rings (SSSR count). The van der Waals surface area contributed by atoms with E-state index >= 15 is 0 Å². The fourth-order valence-electron chi connectivity index (χ4n) is 9.33. The van der Waals surface area contributed by atoms with E-state index in [0.717, 1.165) is 57.8 Å². The number of ether oxygens (including phenoxy) is 3. The Balaban J connectivity index is 3.81. The average Bonchev–Trinajstić information content (AvgIpc) is 3.31. The number of rotatable bonds is 56. The summed E-state index contributed by atoms with van der Waals surface area (Å²) >= 11 is 0. The highest BCUT2D eigenvalue weighted by Gasteiger charge is 2.19. The number of carbonyl (C=O) groups excluding carboxylic acids is 3. The lowest BCUT2D eigenvalue weighted by molar-refractivity contribution is -0.167. The molecule has 0 aliphatic carbocycles. The average molecular weight is 934 g/mol. The van der Waals surface area contributed by atoms with Crippen molar-refractivity contribution in [3.05, 3.63) is 0 Å². The van der Waals surface area contributed by atoms with Gasteiger partial charge in [-0.1, -0.05) is 310 Å². The van der Waals surface area contributed by atoms with Crippen LogP contribution in [0.25, 0.3) is 0 Å². The summed E-state index contributed by atoms with van der Waals surface area (Å²) in [6.07, 6.45) is 63.2. The lowest BCUT2D eigenvalue weighted by Crippen LogP contribution is -2.30. The normalized spacial score (nSPS) is 11.9. The summed E-state index contributed by atoms with van der Waals surface area (Å²) in [5, 5.41) is 0. The van der Waals surface area contributed by atoms with Crippen LogP contribution in [-0.2, 0) is 28.6 Å². The van der Waals surface area contributed by atoms with E-state index < -0.39 is 6.10 Å². The molecule has 0 heterocycles. The van der Waals surface area contributed by atoms with Crippen molar-refractivity contribution >= 4 is 17.9 Å². The molecule has 0 spiro atoms. The van der Waals surface area contributed by atoms with Crippen LogP contribution < -0.4 is 0 Å². The zero-order valence-electron chi connectivity index (χ0n) is 45.0. The third kappa shape index (κ3) is 53.4. The monoisotopic (exact) mass is 933 g/mol. The second-order valence-corrected chi connectivity index (χ2v) is 20.6. The molecule has 1 unspecified atom stereocenters. The second-order valence-electron chi connectivity index (χ2n) is 20.6. The van der Waals surface area contributed by atoms with Crippen LogP contribution in [0.4, 0.5) is 0 Å². The van der Waals surface area contributed by atoms with Crippen LogP contribution >= 0.6 is 0 Å². The first-order valence-corrected chi connectivity index (χ1v) is 30.0. The maximum absolute atomic E-state index is 12.7. The van der Waals surface area contributed by atoms with Crippen LogP contribution in [0, 0.1) is 0 Å². The number of esters is 3. The molecule has 0 fully saturated rings. The first kappa shape index (κ1) is 64.4. The Morgan fingerprint density at radius 2 is 0.409 bits per heavy atom. The van der Waals surface area contributed by atoms with Gasteiger partial charge in [0.25, 0.3) is 0 Å². The fraction of sp³-hybridized carbons (Fsp3) is 0.950. The molecule has 0 bridgehead atoms. The van der Waals surface area contributed by atoms with Crippen molar-refractivity contribution in [1.82, 2.24) is 0 Å². The van der Waals surface area contributed by atoms with Gasteiger partial charge in [-0.25, -0.2) is 0 Å². The van der Waals surface area contributed by atoms with Crippen LogP contribution in [-0.4, -0.2) is 37.2 Å². The van der Waals surface area contributed by atoms with Gasteiger partial charge in [-0.15, -0.1) is 0 Å². The Morgan fingerprint density at radius 3 is 0.606 bits per heavy atom. The van der Waals surface area contributed by atoms with Gasteiger partial charge in [0.15, 0.2) is 6.10 Å². The minimum absolute atomic E-state index is 0.0630. The Bertz CT molecular complexity index is 982. The van der Waals surface area contributed by atoms with Crippen molar-refractivity contribution in [3.8, 4) is 0 Å². The Morgan fingerprint density at radius 1 is 0.242 bits per heavy atom. The van der Waals surface area contributed by atoms with Crippen LogP contribution in [0.3, 0.4) is 0 Å². The van der Waals surface area contributed by atoms with Crippen molar-refractivity contribution < 1.29 is 28.6 Å². The maximum Gasteiger partial charge on any atom is 0.306 e. The van der Waals surface area contributed by atoms with Crippen LogP contribution in [0.2, 0.25) is 0 Å². The molecule has 0 saturated carbocycles. The lowest BCUT2D eigenvalue weighted by atomic mass is 10.0. The van der Waals surface area contributed by atoms with E-state index in [1.807, 2.05) is 0 Å². The quantitative estimate of drug-likeness (QED) is 0.0343. The van der Waals surface area contributed by atoms with Crippen molar-refractivity contribution in [3.63, 3.8) is 0 Å². The van der Waals surface area contributed by atoms with E-state index in [-0.39, 0.29) is 31.1 Å². The number of carbonyl (C=O) groups is 3. The number of hydrogen-bond donors (Lipinski definition) is 0.